The van der Waals surface area contributed by atoms with Crippen molar-refractivity contribution in [2.45, 2.75) is 73.4 Å². The van der Waals surface area contributed by atoms with Crippen LogP contribution in [0.25, 0.3) is 11.4 Å². The lowest BCUT2D eigenvalue weighted by Crippen LogP contribution is -2.49. The Morgan fingerprint density at radius 2 is 0.933 bits per heavy atom. The van der Waals surface area contributed by atoms with Gasteiger partial charge in [0, 0.05) is 72.2 Å². The number of thioether (sulfide) groups is 2. The fraction of sp³-hybridized carbons (Fsp3) is 0.385. The lowest BCUT2D eigenvalue weighted by Gasteiger charge is -2.36. The number of ether oxygens (including phenoxy) is 2. The number of rotatable bonds is 16. The van der Waals surface area contributed by atoms with E-state index < -0.39 is 20.0 Å². The number of anilines is 2. The van der Waals surface area contributed by atoms with Crippen LogP contribution >= 0.6 is 46.7 Å². The monoisotopic (exact) mass is 1140 g/mol. The van der Waals surface area contributed by atoms with Crippen LogP contribution < -0.4 is 30.4 Å². The Kier molecular flexibility index (Phi) is 18.0. The van der Waals surface area contributed by atoms with Gasteiger partial charge in [-0.3, -0.25) is 9.59 Å². The number of aromatic hydroxyl groups is 1. The highest BCUT2D eigenvalue weighted by atomic mass is 35.5. The predicted molar refractivity (Wildman–Crippen MR) is 297 cm³/mol. The van der Waals surface area contributed by atoms with Crippen LogP contribution in [0.1, 0.15) is 51.4 Å². The van der Waals surface area contributed by atoms with Gasteiger partial charge in [0.1, 0.15) is 27.3 Å². The molecule has 4 aromatic carbocycles. The standard InChI is InChI=1S/C26H29ClN4O5S2.C26H29ClN4O4S2/c27-19-4-3-5-20(16-19)31-26(33)25(36-22-6-1-2-7-22)24(17-28-31)29-12-14-30(15-13-29)38(34,35)18-37-23-10-8-21(32)9-11-23;27-20-7-6-8-21(17-20)31-26(32)25(35-22-9-4-5-10-22)24(18-28-31)29-13-15-30(16-14-29)37(33,34)19-36-23-11-2-1-3-12-23/h3-5,8-11,16-17,22,32H,1-2,6-7,12-15,18H2;1-3,6-8,11-12,17-18,22H,4-5,9-10,13-16,19H2. The van der Waals surface area contributed by atoms with Gasteiger partial charge in [0.2, 0.25) is 31.5 Å². The van der Waals surface area contributed by atoms with Crippen molar-refractivity contribution >= 4 is 78.1 Å². The normalized spacial score (nSPS) is 17.2. The third kappa shape index (κ3) is 13.8. The maximum Gasteiger partial charge on any atom is 0.316 e. The summed E-state index contributed by atoms with van der Waals surface area (Å²) in [5.41, 5.74) is 1.58. The molecule has 0 amide bonds. The molecule has 23 heteroatoms. The highest BCUT2D eigenvalue weighted by Gasteiger charge is 2.33. The Morgan fingerprint density at radius 1 is 0.533 bits per heavy atom. The lowest BCUT2D eigenvalue weighted by atomic mass is 10.2. The van der Waals surface area contributed by atoms with E-state index in [-0.39, 0.29) is 50.7 Å². The predicted octanol–water partition coefficient (Wildman–Crippen LogP) is 8.52. The molecule has 75 heavy (non-hydrogen) atoms. The molecule has 0 atom stereocenters. The summed E-state index contributed by atoms with van der Waals surface area (Å²) in [6, 6.07) is 29.9. The third-order valence-corrected chi connectivity index (χ3v) is 20.7. The number of halogens is 2. The number of phenols is 1. The first-order valence-electron chi connectivity index (χ1n) is 24.9. The zero-order valence-electron chi connectivity index (χ0n) is 41.0. The number of hydrogen-bond acceptors (Lipinski definition) is 15. The van der Waals surface area contributed by atoms with Crippen LogP contribution in [-0.2, 0) is 20.0 Å². The molecule has 10 rings (SSSR count). The number of phenolic OH excluding ortho intramolecular Hbond substituents is 1. The van der Waals surface area contributed by atoms with Crippen molar-refractivity contribution in [3.8, 4) is 28.6 Å². The molecule has 4 heterocycles. The van der Waals surface area contributed by atoms with Crippen molar-refractivity contribution in [2.75, 3.05) is 72.3 Å². The molecule has 0 bridgehead atoms. The highest BCUT2D eigenvalue weighted by molar-refractivity contribution is 8.12. The topological polar surface area (TPSA) is 190 Å². The van der Waals surface area contributed by atoms with E-state index in [2.05, 4.69) is 10.2 Å². The highest BCUT2D eigenvalue weighted by Crippen LogP contribution is 2.34. The number of aromatic nitrogens is 4. The molecule has 1 N–H and O–H groups in total. The van der Waals surface area contributed by atoms with E-state index in [0.29, 0.717) is 85.2 Å². The first-order chi connectivity index (χ1) is 36.2. The molecule has 0 radical (unpaired) electrons. The van der Waals surface area contributed by atoms with Crippen LogP contribution in [-0.4, -0.2) is 125 Å². The molecule has 2 saturated carbocycles. The smallest absolute Gasteiger partial charge is 0.316 e. The molecule has 2 aromatic heterocycles. The first kappa shape index (κ1) is 54.5. The third-order valence-electron chi connectivity index (χ3n) is 13.4. The first-order valence-corrected chi connectivity index (χ1v) is 30.8. The minimum atomic E-state index is -3.50. The maximum atomic E-state index is 13.6. The Morgan fingerprint density at radius 3 is 1.33 bits per heavy atom. The second-order valence-corrected chi connectivity index (χ2v) is 26.1. The summed E-state index contributed by atoms with van der Waals surface area (Å²) in [5, 5.41) is 19.2. The van der Waals surface area contributed by atoms with Crippen LogP contribution in [0.4, 0.5) is 11.4 Å². The van der Waals surface area contributed by atoms with E-state index in [1.165, 1.54) is 53.6 Å². The van der Waals surface area contributed by atoms with Crippen molar-refractivity contribution < 1.29 is 31.4 Å². The summed E-state index contributed by atoms with van der Waals surface area (Å²) in [6.45, 7) is 2.95. The molecule has 398 valence electrons. The zero-order chi connectivity index (χ0) is 52.5. The van der Waals surface area contributed by atoms with Crippen molar-refractivity contribution in [2.24, 2.45) is 0 Å². The van der Waals surface area contributed by atoms with Crippen molar-refractivity contribution in [1.29, 1.82) is 0 Å². The number of sulfonamides is 2. The van der Waals surface area contributed by atoms with Gasteiger partial charge in [0.15, 0.2) is 0 Å². The van der Waals surface area contributed by atoms with Gasteiger partial charge in [-0.1, -0.05) is 53.5 Å². The number of hydrogen-bond donors (Lipinski definition) is 1. The molecule has 17 nitrogen and oxygen atoms in total. The second-order valence-electron chi connectivity index (χ2n) is 18.5. The minimum absolute atomic E-state index is 0.00963. The van der Waals surface area contributed by atoms with Gasteiger partial charge in [0.05, 0.1) is 36.0 Å². The Balaban J connectivity index is 0.000000184. The van der Waals surface area contributed by atoms with E-state index >= 15 is 0 Å². The van der Waals surface area contributed by atoms with E-state index in [1.807, 2.05) is 40.1 Å². The number of benzene rings is 4. The number of nitrogens with zero attached hydrogens (tertiary/aromatic N) is 8. The SMILES string of the molecule is O=c1c(OC2CCCC2)c(N2CCN(S(=O)(=O)CSc3ccc(O)cc3)CC2)cnn1-c1cccc(Cl)c1.O=c1c(OC2CCCC2)c(N2CCN(S(=O)(=O)CSc3ccccc3)CC2)cnn1-c1cccc(Cl)c1. The van der Waals surface area contributed by atoms with Crippen LogP contribution in [0.2, 0.25) is 10.0 Å². The van der Waals surface area contributed by atoms with Gasteiger partial charge in [-0.2, -0.15) is 28.2 Å². The van der Waals surface area contributed by atoms with Gasteiger partial charge in [-0.25, -0.2) is 16.8 Å². The quantitative estimate of drug-likeness (QED) is 0.0907. The van der Waals surface area contributed by atoms with E-state index in [0.717, 1.165) is 61.2 Å². The van der Waals surface area contributed by atoms with Crippen molar-refractivity contribution in [3.63, 3.8) is 0 Å². The fourth-order valence-corrected chi connectivity index (χ4v) is 15.3. The van der Waals surface area contributed by atoms with Crippen LogP contribution in [0.3, 0.4) is 0 Å². The van der Waals surface area contributed by atoms with Crippen LogP contribution in [0, 0.1) is 0 Å². The largest absolute Gasteiger partial charge is 0.508 e. The molecule has 2 aliphatic heterocycles. The van der Waals surface area contributed by atoms with E-state index in [9.17, 15) is 31.5 Å². The summed E-state index contributed by atoms with van der Waals surface area (Å²) >= 11 is 14.8. The molecule has 0 spiro atoms. The van der Waals surface area contributed by atoms with Gasteiger partial charge < -0.3 is 24.4 Å². The zero-order valence-corrected chi connectivity index (χ0v) is 45.8. The molecule has 2 saturated heterocycles. The van der Waals surface area contributed by atoms with Crippen LogP contribution in [0.5, 0.6) is 17.2 Å². The average Bonchev–Trinajstić information content (AvgIpc) is 4.15. The van der Waals surface area contributed by atoms with Gasteiger partial charge in [-0.05, 0) is 124 Å². The number of piperazine rings is 2. The summed E-state index contributed by atoms with van der Waals surface area (Å²) in [4.78, 5) is 32.8. The lowest BCUT2D eigenvalue weighted by molar-refractivity contribution is 0.205. The molecule has 4 aliphatic rings. The van der Waals surface area contributed by atoms with Gasteiger partial charge in [0.25, 0.3) is 0 Å². The van der Waals surface area contributed by atoms with E-state index in [4.69, 9.17) is 32.7 Å². The molecule has 6 aromatic rings. The van der Waals surface area contributed by atoms with Crippen LogP contribution in [0.15, 0.2) is 135 Å². The summed E-state index contributed by atoms with van der Waals surface area (Å²) in [5.74, 6) is 0.642. The Labute approximate surface area is 455 Å². The second kappa shape index (κ2) is 24.8. The molecular weight excluding hydrogens is 1080 g/mol. The van der Waals surface area contributed by atoms with Gasteiger partial charge >= 0.3 is 11.1 Å². The van der Waals surface area contributed by atoms with E-state index in [1.54, 1.807) is 73.1 Å². The van der Waals surface area contributed by atoms with Crippen molar-refractivity contribution in [1.82, 2.24) is 28.2 Å². The molecule has 0 unspecified atom stereocenters. The minimum Gasteiger partial charge on any atom is -0.508 e. The van der Waals surface area contributed by atoms with Crippen molar-refractivity contribution in [3.05, 3.63) is 146 Å². The molecule has 2 aliphatic carbocycles. The van der Waals surface area contributed by atoms with Gasteiger partial charge in [-0.15, -0.1) is 23.5 Å². The summed E-state index contributed by atoms with van der Waals surface area (Å²) < 4.78 is 70.1. The average molecular weight is 1140 g/mol. The Bertz CT molecular complexity index is 3260. The fourth-order valence-electron chi connectivity index (χ4n) is 9.37. The maximum absolute atomic E-state index is 13.6. The summed E-state index contributed by atoms with van der Waals surface area (Å²) in [7, 11) is -6.93. The molecular formula is C52H58Cl2N8O9S4. The molecule has 4 fully saturated rings. The Hall–Kier alpha value is -5.26. The summed E-state index contributed by atoms with van der Waals surface area (Å²) in [6.07, 6.45) is 11.1.